The van der Waals surface area contributed by atoms with Crippen LogP contribution >= 0.6 is 0 Å². The fourth-order valence-corrected chi connectivity index (χ4v) is 4.26. The Morgan fingerprint density at radius 2 is 1.78 bits per heavy atom. The Labute approximate surface area is 186 Å². The fraction of sp³-hybridized carbons (Fsp3) is 0.227. The van der Waals surface area contributed by atoms with Crippen molar-refractivity contribution in [2.24, 2.45) is 0 Å². The van der Waals surface area contributed by atoms with Gasteiger partial charge in [0.25, 0.3) is 0 Å². The van der Waals surface area contributed by atoms with Crippen LogP contribution in [-0.2, 0) is 23.2 Å². The third-order valence-electron chi connectivity index (χ3n) is 5.05. The van der Waals surface area contributed by atoms with E-state index < -0.39 is 22.3 Å². The van der Waals surface area contributed by atoms with E-state index in [2.05, 4.69) is 4.98 Å². The van der Waals surface area contributed by atoms with Crippen LogP contribution in [-0.4, -0.2) is 58.2 Å². The molecular weight excluding hydrogens is 432 g/mol. The van der Waals surface area contributed by atoms with Crippen molar-refractivity contribution in [2.45, 2.75) is 19.0 Å². The van der Waals surface area contributed by atoms with Gasteiger partial charge in [0.05, 0.1) is 12.6 Å². The summed E-state index contributed by atoms with van der Waals surface area (Å²) in [5.41, 5.74) is 2.06. The van der Waals surface area contributed by atoms with Crippen LogP contribution in [0, 0.1) is 0 Å². The van der Waals surface area contributed by atoms with Crippen LogP contribution in [0.15, 0.2) is 67.0 Å². The molecule has 0 aliphatic heterocycles. The summed E-state index contributed by atoms with van der Waals surface area (Å²) >= 11 is 0. The zero-order chi connectivity index (χ0) is 23.3. The molecule has 0 bridgehead atoms. The molecule has 2 aromatic carbocycles. The molecule has 0 aliphatic carbocycles. The first-order valence-electron chi connectivity index (χ1n) is 9.78. The highest BCUT2D eigenvalue weighted by atomic mass is 32.2. The number of benzene rings is 2. The lowest BCUT2D eigenvalue weighted by Crippen LogP contribution is -2.37. The summed E-state index contributed by atoms with van der Waals surface area (Å²) in [6.45, 7) is -0.248. The van der Waals surface area contributed by atoms with Crippen molar-refractivity contribution in [3.05, 3.63) is 89.5 Å². The lowest BCUT2D eigenvalue weighted by molar-refractivity contribution is 0.112. The molecule has 1 heterocycles. The Morgan fingerprint density at radius 1 is 1.12 bits per heavy atom. The summed E-state index contributed by atoms with van der Waals surface area (Å²) in [6, 6.07) is 15.4. The Bertz CT molecular complexity index is 1170. The Balaban J connectivity index is 2.03. The molecular formula is C22H24N4O5S. The number of hydrogen-bond acceptors (Lipinski definition) is 5. The molecule has 1 unspecified atom stereocenters. The summed E-state index contributed by atoms with van der Waals surface area (Å²) < 4.78 is 27.2. The summed E-state index contributed by atoms with van der Waals surface area (Å²) in [6.07, 6.45) is 2.46. The molecule has 1 aromatic heterocycles. The summed E-state index contributed by atoms with van der Waals surface area (Å²) in [7, 11) is -1.09. The molecule has 3 aromatic rings. The number of aromatic nitrogens is 2. The molecule has 168 valence electrons. The van der Waals surface area contributed by atoms with Gasteiger partial charge in [-0.3, -0.25) is 9.69 Å². The van der Waals surface area contributed by atoms with Crippen molar-refractivity contribution >= 4 is 22.6 Å². The minimum absolute atomic E-state index is 0.0728. The molecule has 0 saturated heterocycles. The first kappa shape index (κ1) is 23.2. The van der Waals surface area contributed by atoms with Crippen molar-refractivity contribution in [3.8, 4) is 0 Å². The van der Waals surface area contributed by atoms with Gasteiger partial charge >= 0.3 is 16.3 Å². The lowest BCUT2D eigenvalue weighted by atomic mass is 9.96. The number of hydrogen-bond donors (Lipinski definition) is 1. The highest BCUT2D eigenvalue weighted by Gasteiger charge is 2.29. The van der Waals surface area contributed by atoms with Gasteiger partial charge in [0, 0.05) is 32.1 Å². The van der Waals surface area contributed by atoms with E-state index in [1.807, 2.05) is 30.3 Å². The van der Waals surface area contributed by atoms with Gasteiger partial charge in [-0.25, -0.2) is 13.8 Å². The summed E-state index contributed by atoms with van der Waals surface area (Å²) in [5.74, 6) is 0.0728. The van der Waals surface area contributed by atoms with Crippen LogP contribution in [0.5, 0.6) is 0 Å². The zero-order valence-electron chi connectivity index (χ0n) is 17.7. The number of rotatable bonds is 9. The van der Waals surface area contributed by atoms with Crippen LogP contribution in [0.4, 0.5) is 4.79 Å². The molecule has 1 atom stereocenters. The van der Waals surface area contributed by atoms with E-state index in [0.717, 1.165) is 18.7 Å². The van der Waals surface area contributed by atoms with Crippen molar-refractivity contribution in [1.82, 2.24) is 18.2 Å². The Morgan fingerprint density at radius 3 is 2.34 bits per heavy atom. The maximum Gasteiger partial charge on any atom is 0.408 e. The monoisotopic (exact) mass is 456 g/mol. The second-order valence-electron chi connectivity index (χ2n) is 7.33. The first-order chi connectivity index (χ1) is 15.2. The third-order valence-corrected chi connectivity index (χ3v) is 6.81. The molecule has 0 fully saturated rings. The molecule has 9 nitrogen and oxygen atoms in total. The van der Waals surface area contributed by atoms with Gasteiger partial charge in [-0.2, -0.15) is 12.7 Å². The molecule has 3 rings (SSSR count). The lowest BCUT2D eigenvalue weighted by Gasteiger charge is -2.30. The average molecular weight is 457 g/mol. The molecule has 0 radical (unpaired) electrons. The second-order valence-corrected chi connectivity index (χ2v) is 9.35. The predicted molar refractivity (Wildman–Crippen MR) is 119 cm³/mol. The number of nitrogens with zero attached hydrogens (tertiary/aromatic N) is 4. The summed E-state index contributed by atoms with van der Waals surface area (Å²) in [4.78, 5) is 28.6. The number of carboxylic acid groups (broad SMARTS) is 1. The van der Waals surface area contributed by atoms with E-state index in [1.165, 1.54) is 26.5 Å². The highest BCUT2D eigenvalue weighted by molar-refractivity contribution is 7.87. The van der Waals surface area contributed by atoms with Crippen molar-refractivity contribution in [2.75, 3.05) is 14.1 Å². The maximum atomic E-state index is 12.6. The number of amides is 1. The van der Waals surface area contributed by atoms with E-state index in [9.17, 15) is 23.1 Å². The quantitative estimate of drug-likeness (QED) is 0.496. The van der Waals surface area contributed by atoms with Gasteiger partial charge in [-0.05, 0) is 17.5 Å². The van der Waals surface area contributed by atoms with Crippen molar-refractivity contribution in [3.63, 3.8) is 0 Å². The van der Waals surface area contributed by atoms with Crippen LogP contribution in [0.25, 0.3) is 0 Å². The number of aldehydes is 1. The van der Waals surface area contributed by atoms with E-state index in [4.69, 9.17) is 0 Å². The number of carbonyl (C=O) groups excluding carboxylic acids is 1. The largest absolute Gasteiger partial charge is 0.465 e. The zero-order valence-corrected chi connectivity index (χ0v) is 18.5. The highest BCUT2D eigenvalue weighted by Crippen LogP contribution is 2.28. The maximum absolute atomic E-state index is 12.6. The normalized spacial score (nSPS) is 12.5. The SMILES string of the molecule is CN(C)S(=O)(=O)n1ccnc1CN(C(=O)O)C(Cc1ccccc1)c1ccc(C=O)cc1. The van der Waals surface area contributed by atoms with Crippen LogP contribution in [0.1, 0.15) is 33.4 Å². The molecule has 1 N–H and O–H groups in total. The Kier molecular flexibility index (Phi) is 7.06. The van der Waals surface area contributed by atoms with E-state index in [-0.39, 0.29) is 12.4 Å². The molecule has 32 heavy (non-hydrogen) atoms. The van der Waals surface area contributed by atoms with Gasteiger partial charge in [-0.15, -0.1) is 0 Å². The van der Waals surface area contributed by atoms with Crippen LogP contribution in [0.2, 0.25) is 0 Å². The van der Waals surface area contributed by atoms with Gasteiger partial charge in [0.1, 0.15) is 12.1 Å². The standard InChI is InChI=1S/C22H24N4O5S/c1-24(2)32(30,31)26-13-12-23-21(26)15-25(22(28)29)20(14-17-6-4-3-5-7-17)19-10-8-18(16-27)9-11-19/h3-13,16,20H,14-15H2,1-2H3,(H,28,29). The van der Waals surface area contributed by atoms with Crippen LogP contribution < -0.4 is 0 Å². The number of imidazole rings is 1. The van der Waals surface area contributed by atoms with Gasteiger partial charge in [-0.1, -0.05) is 54.6 Å². The molecule has 0 saturated carbocycles. The molecule has 1 amide bonds. The molecule has 0 aliphatic rings. The smallest absolute Gasteiger partial charge is 0.408 e. The summed E-state index contributed by atoms with van der Waals surface area (Å²) in [5, 5.41) is 10.1. The topological polar surface area (TPSA) is 113 Å². The minimum atomic E-state index is -3.86. The van der Waals surface area contributed by atoms with E-state index >= 15 is 0 Å². The first-order valence-corrected chi connectivity index (χ1v) is 11.2. The minimum Gasteiger partial charge on any atom is -0.465 e. The van der Waals surface area contributed by atoms with Crippen LogP contribution in [0.3, 0.4) is 0 Å². The van der Waals surface area contributed by atoms with Gasteiger partial charge < -0.3 is 5.11 Å². The fourth-order valence-electron chi connectivity index (χ4n) is 3.32. The third kappa shape index (κ3) is 5.04. The molecule has 10 heteroatoms. The van der Waals surface area contributed by atoms with Crippen molar-refractivity contribution < 1.29 is 23.1 Å². The van der Waals surface area contributed by atoms with Crippen molar-refractivity contribution in [1.29, 1.82) is 0 Å². The predicted octanol–water partition coefficient (Wildman–Crippen LogP) is 2.81. The average Bonchev–Trinajstić information content (AvgIpc) is 3.26. The number of carbonyl (C=O) groups is 2. The van der Waals surface area contributed by atoms with Gasteiger partial charge in [0.15, 0.2) is 0 Å². The van der Waals surface area contributed by atoms with Gasteiger partial charge in [0.2, 0.25) is 0 Å². The Hall–Kier alpha value is -3.50. The second kappa shape index (κ2) is 9.75. The molecule has 0 spiro atoms. The van der Waals surface area contributed by atoms with E-state index in [1.54, 1.807) is 24.3 Å². The van der Waals surface area contributed by atoms with E-state index in [0.29, 0.717) is 23.8 Å².